The standard InChI is InChI=1S/C19H26ClN3O7S/c1-10(2)8-11(9-29-4)21-14-15(18(26)17(14)25)22-13-7-6-12(20)19(16(13)24)31(27,28)23(3)30-5/h6-7,10-11,21-22,24H,8-9H2,1-5H3. The largest absolute Gasteiger partial charge is 0.504 e. The highest BCUT2D eigenvalue weighted by Crippen LogP contribution is 2.39. The maximum atomic E-state index is 12.6. The average Bonchev–Trinajstić information content (AvgIpc) is 2.70. The summed E-state index contributed by atoms with van der Waals surface area (Å²) in [4.78, 5) is 28.4. The van der Waals surface area contributed by atoms with Gasteiger partial charge >= 0.3 is 0 Å². The summed E-state index contributed by atoms with van der Waals surface area (Å²) < 4.78 is 30.9. The van der Waals surface area contributed by atoms with Gasteiger partial charge < -0.3 is 20.5 Å². The Morgan fingerprint density at radius 2 is 1.77 bits per heavy atom. The van der Waals surface area contributed by atoms with Crippen LogP contribution < -0.4 is 21.5 Å². The van der Waals surface area contributed by atoms with Crippen molar-refractivity contribution in [1.29, 1.82) is 0 Å². The number of hydroxylamine groups is 1. The Labute approximate surface area is 185 Å². The summed E-state index contributed by atoms with van der Waals surface area (Å²) in [6, 6.07) is 2.31. The molecule has 2 aromatic rings. The number of nitrogens with one attached hydrogen (secondary N) is 2. The Morgan fingerprint density at radius 3 is 2.32 bits per heavy atom. The molecule has 172 valence electrons. The van der Waals surface area contributed by atoms with Crippen molar-refractivity contribution >= 4 is 38.7 Å². The predicted octanol–water partition coefficient (Wildman–Crippen LogP) is 2.04. The first kappa shape index (κ1) is 25.1. The summed E-state index contributed by atoms with van der Waals surface area (Å²) in [6.45, 7) is 4.33. The van der Waals surface area contributed by atoms with E-state index >= 15 is 0 Å². The maximum Gasteiger partial charge on any atom is 0.269 e. The highest BCUT2D eigenvalue weighted by molar-refractivity contribution is 7.89. The second-order valence-corrected chi connectivity index (χ2v) is 9.61. The number of halogens is 1. The van der Waals surface area contributed by atoms with Crippen LogP contribution in [0, 0.1) is 5.92 Å². The number of phenols is 1. The maximum absolute atomic E-state index is 12.6. The minimum atomic E-state index is -4.29. The Balaban J connectivity index is 2.43. The molecule has 12 heteroatoms. The fourth-order valence-corrected chi connectivity index (χ4v) is 4.61. The first-order valence-electron chi connectivity index (χ1n) is 9.35. The summed E-state index contributed by atoms with van der Waals surface area (Å²) in [5, 5.41) is 16.0. The number of nitrogens with zero attached hydrogens (tertiary/aromatic N) is 1. The zero-order chi connectivity index (χ0) is 23.5. The van der Waals surface area contributed by atoms with E-state index in [1.807, 2.05) is 13.8 Å². The Bertz CT molecular complexity index is 1110. The molecule has 0 amide bonds. The van der Waals surface area contributed by atoms with Crippen molar-refractivity contribution < 1.29 is 23.1 Å². The number of rotatable bonds is 11. The van der Waals surface area contributed by atoms with E-state index in [1.54, 1.807) is 0 Å². The quantitative estimate of drug-likeness (QED) is 0.253. The van der Waals surface area contributed by atoms with Gasteiger partial charge in [0.1, 0.15) is 16.3 Å². The van der Waals surface area contributed by atoms with E-state index in [-0.39, 0.29) is 28.1 Å². The first-order chi connectivity index (χ1) is 14.4. The van der Waals surface area contributed by atoms with E-state index in [1.165, 1.54) is 19.2 Å². The van der Waals surface area contributed by atoms with Gasteiger partial charge in [0, 0.05) is 20.2 Å². The van der Waals surface area contributed by atoms with Crippen LogP contribution in [0.2, 0.25) is 5.02 Å². The molecule has 1 unspecified atom stereocenters. The minimum absolute atomic E-state index is 0.0421. The summed E-state index contributed by atoms with van der Waals surface area (Å²) in [5.74, 6) is -0.410. The second kappa shape index (κ2) is 9.96. The third kappa shape index (κ3) is 5.18. The molecule has 2 rings (SSSR count). The summed E-state index contributed by atoms with van der Waals surface area (Å²) >= 11 is 6.00. The molecule has 0 radical (unpaired) electrons. The molecule has 0 saturated carbocycles. The molecule has 0 spiro atoms. The molecule has 0 aliphatic rings. The van der Waals surface area contributed by atoms with Gasteiger partial charge in [-0.2, -0.15) is 0 Å². The summed E-state index contributed by atoms with van der Waals surface area (Å²) in [5.41, 5.74) is -1.67. The van der Waals surface area contributed by atoms with Crippen LogP contribution in [0.5, 0.6) is 5.75 Å². The van der Waals surface area contributed by atoms with Gasteiger partial charge in [-0.25, -0.2) is 8.42 Å². The fourth-order valence-electron chi connectivity index (χ4n) is 3.05. The van der Waals surface area contributed by atoms with Crippen molar-refractivity contribution in [2.75, 3.05) is 38.5 Å². The zero-order valence-corrected chi connectivity index (χ0v) is 19.4. The summed E-state index contributed by atoms with van der Waals surface area (Å²) in [6.07, 6.45) is 0.685. The molecule has 2 aromatic carbocycles. The molecular formula is C19H26ClN3O7S. The van der Waals surface area contributed by atoms with Crippen LogP contribution in [-0.4, -0.2) is 51.9 Å². The molecule has 0 heterocycles. The van der Waals surface area contributed by atoms with Crippen LogP contribution >= 0.6 is 11.6 Å². The predicted molar refractivity (Wildman–Crippen MR) is 118 cm³/mol. The van der Waals surface area contributed by atoms with Crippen LogP contribution in [0.15, 0.2) is 26.6 Å². The highest BCUT2D eigenvalue weighted by atomic mass is 35.5. The minimum Gasteiger partial charge on any atom is -0.504 e. The van der Waals surface area contributed by atoms with E-state index in [2.05, 4.69) is 10.6 Å². The Morgan fingerprint density at radius 1 is 1.16 bits per heavy atom. The fraction of sp³-hybridized carbons (Fsp3) is 0.474. The van der Waals surface area contributed by atoms with Gasteiger partial charge in [0.25, 0.3) is 20.9 Å². The second-order valence-electron chi connectivity index (χ2n) is 7.33. The number of hydrogen-bond donors (Lipinski definition) is 3. The van der Waals surface area contributed by atoms with Crippen LogP contribution in [0.3, 0.4) is 0 Å². The van der Waals surface area contributed by atoms with Gasteiger partial charge in [0.15, 0.2) is 5.75 Å². The molecule has 0 saturated heterocycles. The van der Waals surface area contributed by atoms with E-state index in [0.717, 1.165) is 14.2 Å². The first-order valence-corrected chi connectivity index (χ1v) is 11.2. The lowest BCUT2D eigenvalue weighted by molar-refractivity contribution is -0.0259. The van der Waals surface area contributed by atoms with Gasteiger partial charge in [-0.1, -0.05) is 29.9 Å². The molecule has 10 nitrogen and oxygen atoms in total. The molecular weight excluding hydrogens is 450 g/mol. The number of benzene rings is 1. The molecule has 1 atom stereocenters. The SMILES string of the molecule is COCC(CC(C)C)Nc1c(Nc2ccc(Cl)c(S(=O)(=O)N(C)OC)c2O)c(=O)c1=O. The van der Waals surface area contributed by atoms with Crippen molar-refractivity contribution in [1.82, 2.24) is 4.47 Å². The van der Waals surface area contributed by atoms with Gasteiger partial charge in [-0.3, -0.25) is 14.4 Å². The molecule has 0 aliphatic heterocycles. The summed E-state index contributed by atoms with van der Waals surface area (Å²) in [7, 11) is -0.485. The van der Waals surface area contributed by atoms with E-state index in [0.29, 0.717) is 23.4 Å². The molecule has 31 heavy (non-hydrogen) atoms. The van der Waals surface area contributed by atoms with Crippen molar-refractivity contribution in [2.45, 2.75) is 31.2 Å². The lowest BCUT2D eigenvalue weighted by atomic mass is 10.0. The molecule has 0 bridgehead atoms. The number of phenolic OH excluding ortho intramolecular Hbond substituents is 1. The number of anilines is 3. The van der Waals surface area contributed by atoms with Crippen molar-refractivity contribution in [3.8, 4) is 5.75 Å². The topological polar surface area (TPSA) is 134 Å². The van der Waals surface area contributed by atoms with Crippen molar-refractivity contribution in [2.24, 2.45) is 5.92 Å². The Kier molecular flexibility index (Phi) is 8.06. The third-order valence-corrected chi connectivity index (χ3v) is 6.76. The molecule has 3 N–H and O–H groups in total. The van der Waals surface area contributed by atoms with Gasteiger partial charge in [0.2, 0.25) is 0 Å². The van der Waals surface area contributed by atoms with Gasteiger partial charge in [0.05, 0.1) is 24.4 Å². The Hall–Kier alpha value is -2.18. The normalized spacial score (nSPS) is 13.2. The van der Waals surface area contributed by atoms with Crippen LogP contribution in [0.1, 0.15) is 20.3 Å². The van der Waals surface area contributed by atoms with Crippen molar-refractivity contribution in [3.63, 3.8) is 0 Å². The molecule has 0 aromatic heterocycles. The molecule has 0 fully saturated rings. The smallest absolute Gasteiger partial charge is 0.269 e. The number of aromatic hydroxyl groups is 1. The lowest BCUT2D eigenvalue weighted by Crippen LogP contribution is -2.40. The van der Waals surface area contributed by atoms with E-state index in [9.17, 15) is 23.1 Å². The lowest BCUT2D eigenvalue weighted by Gasteiger charge is -2.24. The van der Waals surface area contributed by atoms with Crippen molar-refractivity contribution in [3.05, 3.63) is 37.6 Å². The highest BCUT2D eigenvalue weighted by Gasteiger charge is 2.31. The van der Waals surface area contributed by atoms with Gasteiger partial charge in [-0.15, -0.1) is 0 Å². The van der Waals surface area contributed by atoms with Crippen LogP contribution in [0.4, 0.5) is 17.1 Å². The van der Waals surface area contributed by atoms with E-state index in [4.69, 9.17) is 21.2 Å². The zero-order valence-electron chi connectivity index (χ0n) is 17.9. The third-order valence-electron chi connectivity index (χ3n) is 4.58. The van der Waals surface area contributed by atoms with Gasteiger partial charge in [-0.05, 0) is 24.5 Å². The number of sulfonamides is 1. The number of methoxy groups -OCH3 is 1. The van der Waals surface area contributed by atoms with Crippen LogP contribution in [0.25, 0.3) is 0 Å². The number of hydrogen-bond acceptors (Lipinski definition) is 9. The average molecular weight is 476 g/mol. The monoisotopic (exact) mass is 475 g/mol. The molecule has 0 aliphatic carbocycles. The van der Waals surface area contributed by atoms with E-state index < -0.39 is 31.5 Å². The van der Waals surface area contributed by atoms with Crippen LogP contribution in [-0.2, 0) is 19.6 Å². The number of ether oxygens (including phenoxy) is 1.